The molecule has 0 saturated carbocycles. The molecule has 0 spiro atoms. The van der Waals surface area contributed by atoms with E-state index in [9.17, 15) is 13.6 Å². The summed E-state index contributed by atoms with van der Waals surface area (Å²) in [6, 6.07) is -2.39. The second-order valence-corrected chi connectivity index (χ2v) is 9.94. The van der Waals surface area contributed by atoms with E-state index in [2.05, 4.69) is 27.1 Å². The molecule has 1 unspecified atom stereocenters. The van der Waals surface area contributed by atoms with Gasteiger partial charge in [-0.3, -0.25) is 19.4 Å². The number of piperidine rings is 1. The van der Waals surface area contributed by atoms with Crippen LogP contribution in [-0.4, -0.2) is 46.9 Å². The summed E-state index contributed by atoms with van der Waals surface area (Å²) < 4.78 is 34.1. The Bertz CT molecular complexity index is 896. The Balaban J connectivity index is 1.71. The predicted octanol–water partition coefficient (Wildman–Crippen LogP) is 3.90. The predicted molar refractivity (Wildman–Crippen MR) is 122 cm³/mol. The van der Waals surface area contributed by atoms with E-state index in [1.807, 2.05) is 31.4 Å². The van der Waals surface area contributed by atoms with Crippen LogP contribution in [0.4, 0.5) is 25.0 Å². The molecule has 31 heavy (non-hydrogen) atoms. The van der Waals surface area contributed by atoms with Gasteiger partial charge >= 0.3 is 12.1 Å². The van der Waals surface area contributed by atoms with Crippen molar-refractivity contribution >= 4 is 40.9 Å². The van der Waals surface area contributed by atoms with Crippen LogP contribution in [0.2, 0.25) is 0 Å². The summed E-state index contributed by atoms with van der Waals surface area (Å²) >= 11 is 2.04. The minimum Gasteiger partial charge on any atom is -0.306 e. The highest BCUT2D eigenvalue weighted by Crippen LogP contribution is 2.39. The largest absolute Gasteiger partial charge is 0.338 e. The van der Waals surface area contributed by atoms with Gasteiger partial charge in [-0.2, -0.15) is 13.9 Å². The molecular weight excluding hydrogens is 444 g/mol. The monoisotopic (exact) mass is 473 g/mol. The molecular formula is C19H29F2N7OS2. The number of anilines is 2. The van der Waals surface area contributed by atoms with E-state index in [0.29, 0.717) is 0 Å². The molecule has 2 amide bonds. The number of nitrogens with one attached hydrogen (secondary N) is 2. The van der Waals surface area contributed by atoms with Gasteiger partial charge in [0.25, 0.3) is 0 Å². The van der Waals surface area contributed by atoms with Crippen molar-refractivity contribution in [1.82, 2.24) is 19.4 Å². The molecule has 4 N–H and O–H groups in total. The summed E-state index contributed by atoms with van der Waals surface area (Å²) in [5.41, 5.74) is 5.93. The number of likely N-dealkylation sites (N-methyl/N-ethyl adjacent to an activating group) is 1. The van der Waals surface area contributed by atoms with E-state index in [4.69, 9.17) is 5.73 Å². The Hall–Kier alpha value is -1.89. The Morgan fingerprint density at radius 3 is 2.77 bits per heavy atom. The maximum absolute atomic E-state index is 13.8. The molecule has 2 aromatic heterocycles. The number of aryl methyl sites for hydroxylation is 1. The lowest BCUT2D eigenvalue weighted by Gasteiger charge is -2.37. The number of urea groups is 1. The van der Waals surface area contributed by atoms with Gasteiger partial charge in [-0.1, -0.05) is 13.8 Å². The van der Waals surface area contributed by atoms with Crippen LogP contribution in [0.15, 0.2) is 18.5 Å². The lowest BCUT2D eigenvalue weighted by atomic mass is 10.1. The van der Waals surface area contributed by atoms with E-state index in [1.54, 1.807) is 16.9 Å². The maximum Gasteiger partial charge on any atom is 0.338 e. The number of thiophene rings is 1. The molecule has 1 saturated heterocycles. The van der Waals surface area contributed by atoms with Crippen molar-refractivity contribution in [1.29, 1.82) is 0 Å². The van der Waals surface area contributed by atoms with Crippen LogP contribution in [0.1, 0.15) is 42.4 Å². The van der Waals surface area contributed by atoms with Gasteiger partial charge in [0.05, 0.1) is 35.7 Å². The third-order valence-electron chi connectivity index (χ3n) is 4.98. The number of hydrogen-bond donors (Lipinski definition) is 3. The molecule has 0 aromatic carbocycles. The summed E-state index contributed by atoms with van der Waals surface area (Å²) in [6.07, 6.45) is 5.64. The summed E-state index contributed by atoms with van der Waals surface area (Å²) in [5.74, 6) is 0.0449. The summed E-state index contributed by atoms with van der Waals surface area (Å²) in [6.45, 7) is 5.67. The summed E-state index contributed by atoms with van der Waals surface area (Å²) in [4.78, 5) is 15.2. The zero-order valence-corrected chi connectivity index (χ0v) is 19.7. The van der Waals surface area contributed by atoms with Gasteiger partial charge in [0, 0.05) is 24.7 Å². The number of carbonyl (C=O) groups is 1. The van der Waals surface area contributed by atoms with Gasteiger partial charge in [-0.25, -0.2) is 4.79 Å². The molecule has 3 rings (SSSR count). The Kier molecular flexibility index (Phi) is 7.45. The summed E-state index contributed by atoms with van der Waals surface area (Å²) in [7, 11) is 3.90. The van der Waals surface area contributed by atoms with Crippen LogP contribution in [0, 0.1) is 0 Å². The van der Waals surface area contributed by atoms with Crippen LogP contribution >= 0.6 is 23.5 Å². The number of nitrogens with two attached hydrogens (primary N) is 1. The van der Waals surface area contributed by atoms with E-state index in [-0.39, 0.29) is 22.5 Å². The molecule has 1 aliphatic rings. The van der Waals surface area contributed by atoms with Crippen molar-refractivity contribution in [2.24, 2.45) is 12.8 Å². The van der Waals surface area contributed by atoms with Crippen LogP contribution in [0.3, 0.4) is 0 Å². The fourth-order valence-corrected chi connectivity index (χ4v) is 5.22. The van der Waals surface area contributed by atoms with Crippen LogP contribution in [-0.2, 0) is 13.1 Å². The topological polar surface area (TPSA) is 91.5 Å². The van der Waals surface area contributed by atoms with Gasteiger partial charge in [-0.15, -0.1) is 11.3 Å². The lowest BCUT2D eigenvalue weighted by Crippen LogP contribution is -2.45. The highest BCUT2D eigenvalue weighted by molar-refractivity contribution is 7.99. The molecule has 172 valence electrons. The second kappa shape index (κ2) is 9.72. The maximum atomic E-state index is 13.8. The number of nitrogens with zero attached hydrogens (tertiary/aromatic N) is 4. The van der Waals surface area contributed by atoms with Crippen molar-refractivity contribution in [3.05, 3.63) is 28.2 Å². The molecule has 2 aromatic rings. The first-order chi connectivity index (χ1) is 14.5. The van der Waals surface area contributed by atoms with Gasteiger partial charge in [0.2, 0.25) is 0 Å². The third kappa shape index (κ3) is 6.09. The minimum atomic E-state index is -3.53. The number of likely N-dealkylation sites (tertiary alicyclic amines) is 1. The van der Waals surface area contributed by atoms with Gasteiger partial charge in [0.15, 0.2) is 0 Å². The molecule has 1 fully saturated rings. The first kappa shape index (κ1) is 23.8. The van der Waals surface area contributed by atoms with Crippen LogP contribution in [0.25, 0.3) is 0 Å². The highest BCUT2D eigenvalue weighted by Gasteiger charge is 2.33. The smallest absolute Gasteiger partial charge is 0.306 e. The van der Waals surface area contributed by atoms with Crippen molar-refractivity contribution in [2.75, 3.05) is 29.8 Å². The minimum absolute atomic E-state index is 0.0321. The second-order valence-electron chi connectivity index (χ2n) is 8.07. The fourth-order valence-electron chi connectivity index (χ4n) is 3.46. The van der Waals surface area contributed by atoms with Crippen molar-refractivity contribution < 1.29 is 13.6 Å². The average molecular weight is 474 g/mol. The van der Waals surface area contributed by atoms with E-state index >= 15 is 0 Å². The Labute approximate surface area is 189 Å². The zero-order valence-electron chi connectivity index (χ0n) is 18.1. The number of aromatic nitrogens is 2. The standard InChI is InChI=1S/C19H29F2N7OS2/c1-12(2)16-8-15(17(30-16)19(20,21)22)24-18(29)25-31-28(14-9-23-27(4)11-14)13-6-5-7-26(3)10-13/h8-9,11-13H,5-7,10,22H2,1-4H3,(H2,24,25,29). The molecule has 0 radical (unpaired) electrons. The molecule has 1 atom stereocenters. The number of alkyl halides is 2. The highest BCUT2D eigenvalue weighted by atomic mass is 32.2. The van der Waals surface area contributed by atoms with Gasteiger partial charge in [0.1, 0.15) is 4.88 Å². The van der Waals surface area contributed by atoms with Crippen molar-refractivity contribution in [3.8, 4) is 0 Å². The first-order valence-corrected chi connectivity index (χ1v) is 11.6. The third-order valence-corrected chi connectivity index (χ3v) is 7.49. The molecule has 0 aliphatic carbocycles. The van der Waals surface area contributed by atoms with Gasteiger partial charge in [-0.05, 0) is 38.4 Å². The molecule has 1 aliphatic heterocycles. The SMILES string of the molecule is CC(C)c1cc(NC(=O)NSN(c2cnn(C)c2)C2CCCN(C)C2)c(C(N)(F)F)s1. The zero-order chi connectivity index (χ0) is 22.8. The summed E-state index contributed by atoms with van der Waals surface area (Å²) in [5, 5.41) is 6.77. The quantitative estimate of drug-likeness (QED) is 0.417. The van der Waals surface area contributed by atoms with E-state index in [0.717, 1.165) is 60.0 Å². The normalized spacial score (nSPS) is 17.7. The lowest BCUT2D eigenvalue weighted by molar-refractivity contribution is 0.00769. The molecule has 12 heteroatoms. The first-order valence-electron chi connectivity index (χ1n) is 10.1. The van der Waals surface area contributed by atoms with Gasteiger partial charge < -0.3 is 10.2 Å². The Morgan fingerprint density at radius 1 is 1.45 bits per heavy atom. The van der Waals surface area contributed by atoms with Crippen LogP contribution < -0.4 is 20.1 Å². The number of halogens is 2. The molecule has 8 nitrogen and oxygen atoms in total. The average Bonchev–Trinajstić information content (AvgIpc) is 3.28. The molecule has 0 bridgehead atoms. The number of rotatable bonds is 7. The van der Waals surface area contributed by atoms with Crippen molar-refractivity contribution in [2.45, 2.75) is 44.7 Å². The Morgan fingerprint density at radius 2 is 2.19 bits per heavy atom. The molecule has 3 heterocycles. The number of carbonyl (C=O) groups excluding carboxylic acids is 1. The number of amides is 2. The fraction of sp³-hybridized carbons (Fsp3) is 0.579. The van der Waals surface area contributed by atoms with Crippen LogP contribution in [0.5, 0.6) is 0 Å². The van der Waals surface area contributed by atoms with Crippen molar-refractivity contribution in [3.63, 3.8) is 0 Å². The van der Waals surface area contributed by atoms with E-state index in [1.165, 1.54) is 0 Å². The number of hydrogen-bond acceptors (Lipinski definition) is 7. The van der Waals surface area contributed by atoms with E-state index < -0.39 is 12.1 Å².